The van der Waals surface area contributed by atoms with E-state index >= 15 is 0 Å². The normalized spacial score (nSPS) is 17.8. The summed E-state index contributed by atoms with van der Waals surface area (Å²) in [5.74, 6) is 1.36. The third-order valence-electron chi connectivity index (χ3n) is 4.43. The predicted molar refractivity (Wildman–Crippen MR) is 95.7 cm³/mol. The van der Waals surface area contributed by atoms with E-state index in [-0.39, 0.29) is 24.1 Å². The van der Waals surface area contributed by atoms with E-state index < -0.39 is 10.0 Å². The Labute approximate surface area is 153 Å². The largest absolute Gasteiger partial charge is 0.467 e. The minimum atomic E-state index is -3.28. The highest BCUT2D eigenvalue weighted by Crippen LogP contribution is 2.27. The lowest BCUT2D eigenvalue weighted by Crippen LogP contribution is -2.42. The number of carbonyl (C=O) groups is 1. The van der Waals surface area contributed by atoms with Gasteiger partial charge in [0.2, 0.25) is 15.9 Å². The van der Waals surface area contributed by atoms with Crippen molar-refractivity contribution in [3.63, 3.8) is 0 Å². The molecule has 3 rings (SSSR count). The first-order valence-electron chi connectivity index (χ1n) is 8.75. The molecule has 0 spiro atoms. The van der Waals surface area contributed by atoms with Gasteiger partial charge in [0.05, 0.1) is 36.7 Å². The maximum atomic E-state index is 12.4. The van der Waals surface area contributed by atoms with E-state index in [9.17, 15) is 13.2 Å². The molecule has 1 aliphatic rings. The zero-order chi connectivity index (χ0) is 18.7. The molecule has 1 atom stereocenters. The average molecular weight is 380 g/mol. The van der Waals surface area contributed by atoms with Crippen LogP contribution in [0.3, 0.4) is 0 Å². The Hall–Kier alpha value is -2.13. The number of aromatic nitrogens is 2. The number of nitrogens with one attached hydrogen (secondary N) is 1. The molecule has 3 heterocycles. The Morgan fingerprint density at radius 3 is 2.92 bits per heavy atom. The Morgan fingerprint density at radius 1 is 1.42 bits per heavy atom. The first-order chi connectivity index (χ1) is 12.4. The summed E-state index contributed by atoms with van der Waals surface area (Å²) in [4.78, 5) is 16.6. The molecule has 1 unspecified atom stereocenters. The topological polar surface area (TPSA) is 97.4 Å². The third kappa shape index (κ3) is 3.99. The van der Waals surface area contributed by atoms with E-state index in [0.29, 0.717) is 43.3 Å². The number of imidazole rings is 1. The first-order valence-corrected chi connectivity index (χ1v) is 10.4. The average Bonchev–Trinajstić information content (AvgIpc) is 3.22. The second-order valence-electron chi connectivity index (χ2n) is 6.42. The van der Waals surface area contributed by atoms with Crippen LogP contribution in [0.4, 0.5) is 0 Å². The van der Waals surface area contributed by atoms with Gasteiger partial charge in [-0.3, -0.25) is 4.79 Å². The number of sulfonamides is 1. The van der Waals surface area contributed by atoms with Crippen molar-refractivity contribution in [3.8, 4) is 0 Å². The number of rotatable bonds is 7. The van der Waals surface area contributed by atoms with Gasteiger partial charge in [-0.15, -0.1) is 0 Å². The number of nitrogens with zero attached hydrogens (tertiary/aromatic N) is 3. The molecule has 1 amide bonds. The van der Waals surface area contributed by atoms with E-state index in [1.54, 1.807) is 18.4 Å². The second kappa shape index (κ2) is 7.63. The van der Waals surface area contributed by atoms with Crippen molar-refractivity contribution in [2.24, 2.45) is 0 Å². The van der Waals surface area contributed by atoms with E-state index in [2.05, 4.69) is 10.3 Å². The summed E-state index contributed by atoms with van der Waals surface area (Å²) in [5, 5.41) is 2.79. The van der Waals surface area contributed by atoms with Crippen molar-refractivity contribution in [2.75, 3.05) is 12.3 Å². The SMILES string of the molecule is CCCS(=O)(=O)N1CCn2cc(CC(=O)NCc3ccco3)nc2C1C. The quantitative estimate of drug-likeness (QED) is 0.784. The number of carbonyl (C=O) groups excluding carboxylic acids is 1. The van der Waals surface area contributed by atoms with Gasteiger partial charge in [0, 0.05) is 19.3 Å². The second-order valence-corrected chi connectivity index (χ2v) is 8.46. The van der Waals surface area contributed by atoms with E-state index in [1.165, 1.54) is 4.31 Å². The molecule has 0 fully saturated rings. The molecule has 8 nitrogen and oxygen atoms in total. The molecule has 0 saturated heterocycles. The molecule has 9 heteroatoms. The zero-order valence-electron chi connectivity index (χ0n) is 15.0. The van der Waals surface area contributed by atoms with Gasteiger partial charge >= 0.3 is 0 Å². The summed E-state index contributed by atoms with van der Waals surface area (Å²) >= 11 is 0. The third-order valence-corrected chi connectivity index (χ3v) is 6.56. The van der Waals surface area contributed by atoms with Crippen LogP contribution < -0.4 is 5.32 Å². The minimum Gasteiger partial charge on any atom is -0.467 e. The number of hydrogen-bond donors (Lipinski definition) is 1. The molecular weight excluding hydrogens is 356 g/mol. The fourth-order valence-electron chi connectivity index (χ4n) is 3.19. The Bertz CT molecular complexity index is 857. The van der Waals surface area contributed by atoms with Crippen molar-refractivity contribution >= 4 is 15.9 Å². The lowest BCUT2D eigenvalue weighted by Gasteiger charge is -2.32. The van der Waals surface area contributed by atoms with Crippen molar-refractivity contribution in [1.29, 1.82) is 0 Å². The Kier molecular flexibility index (Phi) is 5.47. The molecule has 26 heavy (non-hydrogen) atoms. The van der Waals surface area contributed by atoms with E-state index in [4.69, 9.17) is 4.42 Å². The highest BCUT2D eigenvalue weighted by molar-refractivity contribution is 7.89. The molecule has 2 aromatic heterocycles. The maximum absolute atomic E-state index is 12.4. The van der Waals surface area contributed by atoms with Crippen LogP contribution >= 0.6 is 0 Å². The summed E-state index contributed by atoms with van der Waals surface area (Å²) in [6.45, 7) is 5.00. The van der Waals surface area contributed by atoms with Crippen LogP contribution in [-0.4, -0.2) is 40.5 Å². The van der Waals surface area contributed by atoms with Gasteiger partial charge in [-0.1, -0.05) is 6.92 Å². The summed E-state index contributed by atoms with van der Waals surface area (Å²) in [5.41, 5.74) is 0.638. The van der Waals surface area contributed by atoms with Gasteiger partial charge in [-0.05, 0) is 25.5 Å². The minimum absolute atomic E-state index is 0.139. The van der Waals surface area contributed by atoms with Crippen molar-refractivity contribution in [2.45, 2.75) is 45.8 Å². The Morgan fingerprint density at radius 2 is 2.23 bits per heavy atom. The van der Waals surface area contributed by atoms with Gasteiger partial charge in [0.15, 0.2) is 0 Å². The molecule has 0 saturated carbocycles. The lowest BCUT2D eigenvalue weighted by atomic mass is 10.2. The fraction of sp³-hybridized carbons (Fsp3) is 0.529. The molecule has 1 N–H and O–H groups in total. The lowest BCUT2D eigenvalue weighted by molar-refractivity contribution is -0.120. The van der Waals surface area contributed by atoms with Crippen LogP contribution in [0.15, 0.2) is 29.0 Å². The maximum Gasteiger partial charge on any atom is 0.226 e. The number of fused-ring (bicyclic) bond motifs is 1. The monoisotopic (exact) mass is 380 g/mol. The van der Waals surface area contributed by atoms with Gasteiger partial charge in [0.1, 0.15) is 11.6 Å². The summed E-state index contributed by atoms with van der Waals surface area (Å²) in [7, 11) is -3.28. The molecular formula is C17H24N4O4S. The molecule has 0 radical (unpaired) electrons. The molecule has 1 aliphatic heterocycles. The van der Waals surface area contributed by atoms with Crippen LogP contribution in [0.5, 0.6) is 0 Å². The number of hydrogen-bond acceptors (Lipinski definition) is 5. The first kappa shape index (κ1) is 18.7. The van der Waals surface area contributed by atoms with E-state index in [0.717, 1.165) is 0 Å². The van der Waals surface area contributed by atoms with Crippen LogP contribution in [0, 0.1) is 0 Å². The molecule has 0 bridgehead atoms. The van der Waals surface area contributed by atoms with Crippen LogP contribution in [0.2, 0.25) is 0 Å². The summed E-state index contributed by atoms with van der Waals surface area (Å²) < 4.78 is 33.4. The van der Waals surface area contributed by atoms with Crippen LogP contribution in [0.1, 0.15) is 43.6 Å². The standard InChI is InChI=1S/C17H24N4O4S/c1-3-9-26(23,24)21-7-6-20-12-14(19-17(20)13(21)2)10-16(22)18-11-15-5-4-8-25-15/h4-5,8,12-13H,3,6-7,9-11H2,1-2H3,(H,18,22). The van der Waals surface area contributed by atoms with Gasteiger partial charge in [-0.25, -0.2) is 13.4 Å². The predicted octanol–water partition coefficient (Wildman–Crippen LogP) is 1.45. The zero-order valence-corrected chi connectivity index (χ0v) is 15.8. The van der Waals surface area contributed by atoms with Crippen LogP contribution in [-0.2, 0) is 34.3 Å². The van der Waals surface area contributed by atoms with Crippen LogP contribution in [0.25, 0.3) is 0 Å². The molecule has 0 aliphatic carbocycles. The summed E-state index contributed by atoms with van der Waals surface area (Å²) in [6, 6.07) is 3.23. The number of amides is 1. The van der Waals surface area contributed by atoms with E-state index in [1.807, 2.05) is 24.6 Å². The number of furan rings is 1. The molecule has 142 valence electrons. The Balaban J connectivity index is 1.66. The van der Waals surface area contributed by atoms with Crippen molar-refractivity contribution in [1.82, 2.24) is 19.2 Å². The fourth-order valence-corrected chi connectivity index (χ4v) is 4.88. The van der Waals surface area contributed by atoms with Gasteiger partial charge < -0.3 is 14.3 Å². The van der Waals surface area contributed by atoms with Crippen molar-refractivity contribution < 1.29 is 17.6 Å². The molecule has 2 aromatic rings. The smallest absolute Gasteiger partial charge is 0.226 e. The highest BCUT2D eigenvalue weighted by Gasteiger charge is 2.33. The molecule has 0 aromatic carbocycles. The van der Waals surface area contributed by atoms with Crippen molar-refractivity contribution in [3.05, 3.63) is 41.9 Å². The summed E-state index contributed by atoms with van der Waals surface area (Å²) in [6.07, 6.45) is 4.13. The van der Waals surface area contributed by atoms with Gasteiger partial charge in [0.25, 0.3) is 0 Å². The highest BCUT2D eigenvalue weighted by atomic mass is 32.2. The van der Waals surface area contributed by atoms with Gasteiger partial charge in [-0.2, -0.15) is 4.31 Å².